The van der Waals surface area contributed by atoms with E-state index in [9.17, 15) is 13.2 Å². The first-order valence-electron chi connectivity index (χ1n) is 7.35. The summed E-state index contributed by atoms with van der Waals surface area (Å²) in [4.78, 5) is 12.0. The molecule has 0 saturated carbocycles. The van der Waals surface area contributed by atoms with Crippen molar-refractivity contribution >= 4 is 21.7 Å². The first-order chi connectivity index (χ1) is 11.0. The fourth-order valence-electron chi connectivity index (χ4n) is 2.21. The number of benzene rings is 2. The van der Waals surface area contributed by atoms with Gasteiger partial charge in [-0.05, 0) is 44.2 Å². The molecular formula is C17H19NO4S. The molecule has 0 spiro atoms. The number of esters is 1. The lowest BCUT2D eigenvalue weighted by Crippen LogP contribution is -2.30. The molecule has 0 atom stereocenters. The van der Waals surface area contributed by atoms with Crippen molar-refractivity contribution in [2.45, 2.75) is 18.7 Å². The molecule has 2 aromatic rings. The van der Waals surface area contributed by atoms with Crippen molar-refractivity contribution in [3.05, 3.63) is 60.2 Å². The van der Waals surface area contributed by atoms with Gasteiger partial charge in [-0.3, -0.25) is 4.31 Å². The summed E-state index contributed by atoms with van der Waals surface area (Å²) in [7, 11) is -3.68. The highest BCUT2D eigenvalue weighted by molar-refractivity contribution is 7.92. The van der Waals surface area contributed by atoms with Crippen molar-refractivity contribution in [3.8, 4) is 0 Å². The Morgan fingerprint density at radius 1 is 1.04 bits per heavy atom. The van der Waals surface area contributed by atoms with Gasteiger partial charge in [0.05, 0.1) is 22.8 Å². The summed E-state index contributed by atoms with van der Waals surface area (Å²) < 4.78 is 31.8. The van der Waals surface area contributed by atoms with Crippen molar-refractivity contribution in [3.63, 3.8) is 0 Å². The van der Waals surface area contributed by atoms with Crippen molar-refractivity contribution < 1.29 is 17.9 Å². The summed E-state index contributed by atoms with van der Waals surface area (Å²) in [5, 5.41) is 0. The topological polar surface area (TPSA) is 63.7 Å². The third kappa shape index (κ3) is 3.71. The lowest BCUT2D eigenvalue weighted by atomic mass is 10.2. The zero-order valence-corrected chi connectivity index (χ0v) is 13.9. The summed E-state index contributed by atoms with van der Waals surface area (Å²) in [6.45, 7) is 3.99. The van der Waals surface area contributed by atoms with Crippen molar-refractivity contribution in [2.75, 3.05) is 17.5 Å². The van der Waals surface area contributed by atoms with E-state index in [1.54, 1.807) is 62.4 Å². The number of carbonyl (C=O) groups is 1. The Morgan fingerprint density at radius 2 is 1.74 bits per heavy atom. The third-order valence-electron chi connectivity index (χ3n) is 3.26. The number of rotatable bonds is 6. The third-order valence-corrected chi connectivity index (χ3v) is 5.18. The van der Waals surface area contributed by atoms with Crippen LogP contribution in [0.2, 0.25) is 0 Å². The van der Waals surface area contributed by atoms with Gasteiger partial charge >= 0.3 is 5.97 Å². The van der Waals surface area contributed by atoms with E-state index in [0.29, 0.717) is 11.3 Å². The number of nitrogens with zero attached hydrogens (tertiary/aromatic N) is 1. The van der Waals surface area contributed by atoms with Crippen LogP contribution in [-0.4, -0.2) is 27.5 Å². The molecule has 0 heterocycles. The van der Waals surface area contributed by atoms with Crippen molar-refractivity contribution in [2.24, 2.45) is 0 Å². The number of ether oxygens (including phenoxy) is 1. The maximum Gasteiger partial charge on any atom is 0.338 e. The van der Waals surface area contributed by atoms with Crippen LogP contribution in [0.25, 0.3) is 0 Å². The van der Waals surface area contributed by atoms with Crippen LogP contribution in [-0.2, 0) is 14.8 Å². The minimum absolute atomic E-state index is 0.211. The van der Waals surface area contributed by atoms with Gasteiger partial charge in [-0.1, -0.05) is 24.3 Å². The van der Waals surface area contributed by atoms with Gasteiger partial charge in [-0.15, -0.1) is 0 Å². The van der Waals surface area contributed by atoms with E-state index < -0.39 is 16.0 Å². The Hall–Kier alpha value is -2.34. The van der Waals surface area contributed by atoms with Gasteiger partial charge in [0.25, 0.3) is 10.0 Å². The molecule has 0 aliphatic carbocycles. The zero-order chi connectivity index (χ0) is 16.9. The molecule has 6 heteroatoms. The molecule has 2 aromatic carbocycles. The lowest BCUT2D eigenvalue weighted by molar-refractivity contribution is 0.0526. The molecule has 0 bridgehead atoms. The van der Waals surface area contributed by atoms with Crippen LogP contribution in [0.4, 0.5) is 5.69 Å². The van der Waals surface area contributed by atoms with Crippen LogP contribution >= 0.6 is 0 Å². The molecule has 0 amide bonds. The maximum atomic E-state index is 12.8. The van der Waals surface area contributed by atoms with E-state index in [1.165, 1.54) is 10.4 Å². The second kappa shape index (κ2) is 7.28. The summed E-state index contributed by atoms with van der Waals surface area (Å²) in [6, 6.07) is 14.6. The van der Waals surface area contributed by atoms with Gasteiger partial charge in [0.2, 0.25) is 0 Å². The predicted molar refractivity (Wildman–Crippen MR) is 89.0 cm³/mol. The Morgan fingerprint density at radius 3 is 2.35 bits per heavy atom. The average molecular weight is 333 g/mol. The Balaban J connectivity index is 2.42. The van der Waals surface area contributed by atoms with Crippen LogP contribution in [0.15, 0.2) is 59.5 Å². The standard InChI is InChI=1S/C17H19NO4S/c1-3-18(23(20,21)16-11-6-5-7-12-16)15-10-8-9-14(13-15)17(19)22-4-2/h5-13H,3-4H2,1-2H3. The smallest absolute Gasteiger partial charge is 0.338 e. The molecular weight excluding hydrogens is 314 g/mol. The van der Waals surface area contributed by atoms with Crippen LogP contribution in [0.1, 0.15) is 24.2 Å². The Kier molecular flexibility index (Phi) is 5.39. The van der Waals surface area contributed by atoms with Gasteiger partial charge in [-0.25, -0.2) is 13.2 Å². The molecule has 0 N–H and O–H groups in total. The average Bonchev–Trinajstić information content (AvgIpc) is 2.56. The highest BCUT2D eigenvalue weighted by Crippen LogP contribution is 2.24. The van der Waals surface area contributed by atoms with Gasteiger partial charge in [-0.2, -0.15) is 0 Å². The molecule has 0 unspecified atom stereocenters. The Bertz CT molecular complexity index is 772. The van der Waals surface area contributed by atoms with E-state index in [-0.39, 0.29) is 18.0 Å². The van der Waals surface area contributed by atoms with Gasteiger partial charge in [0.15, 0.2) is 0 Å². The fourth-order valence-corrected chi connectivity index (χ4v) is 3.70. The summed E-state index contributed by atoms with van der Waals surface area (Å²) in [5.41, 5.74) is 0.757. The highest BCUT2D eigenvalue weighted by atomic mass is 32.2. The summed E-state index contributed by atoms with van der Waals surface area (Å²) in [5.74, 6) is -0.470. The molecule has 0 aromatic heterocycles. The first-order valence-corrected chi connectivity index (χ1v) is 8.79. The van der Waals surface area contributed by atoms with E-state index >= 15 is 0 Å². The number of hydrogen-bond acceptors (Lipinski definition) is 4. The highest BCUT2D eigenvalue weighted by Gasteiger charge is 2.24. The van der Waals surface area contributed by atoms with Crippen LogP contribution < -0.4 is 4.31 Å². The van der Waals surface area contributed by atoms with Crippen LogP contribution in [0.5, 0.6) is 0 Å². The van der Waals surface area contributed by atoms with Gasteiger partial charge < -0.3 is 4.74 Å². The number of anilines is 1. The quantitative estimate of drug-likeness (QED) is 0.762. The predicted octanol–water partition coefficient (Wildman–Crippen LogP) is 3.08. The van der Waals surface area contributed by atoms with Crippen LogP contribution in [0, 0.1) is 0 Å². The van der Waals surface area contributed by atoms with E-state index in [4.69, 9.17) is 4.74 Å². The fraction of sp³-hybridized carbons (Fsp3) is 0.235. The lowest BCUT2D eigenvalue weighted by Gasteiger charge is -2.23. The van der Waals surface area contributed by atoms with E-state index in [0.717, 1.165) is 0 Å². The zero-order valence-electron chi connectivity index (χ0n) is 13.1. The molecule has 0 fully saturated rings. The molecule has 0 radical (unpaired) electrons. The molecule has 0 saturated heterocycles. The second-order valence-electron chi connectivity index (χ2n) is 4.75. The second-order valence-corrected chi connectivity index (χ2v) is 6.62. The van der Waals surface area contributed by atoms with E-state index in [1.807, 2.05) is 0 Å². The minimum atomic E-state index is -3.68. The van der Waals surface area contributed by atoms with Crippen molar-refractivity contribution in [1.29, 1.82) is 0 Å². The molecule has 23 heavy (non-hydrogen) atoms. The SMILES string of the molecule is CCOC(=O)c1cccc(N(CC)S(=O)(=O)c2ccccc2)c1. The molecule has 5 nitrogen and oxygen atoms in total. The normalized spacial score (nSPS) is 11.0. The van der Waals surface area contributed by atoms with E-state index in [2.05, 4.69) is 0 Å². The largest absolute Gasteiger partial charge is 0.462 e. The summed E-state index contributed by atoms with van der Waals surface area (Å²) in [6.07, 6.45) is 0. The van der Waals surface area contributed by atoms with Gasteiger partial charge in [0, 0.05) is 6.54 Å². The molecule has 0 aliphatic heterocycles. The van der Waals surface area contributed by atoms with Crippen molar-refractivity contribution in [1.82, 2.24) is 0 Å². The monoisotopic (exact) mass is 333 g/mol. The number of sulfonamides is 1. The minimum Gasteiger partial charge on any atom is -0.462 e. The number of hydrogen-bond donors (Lipinski definition) is 0. The van der Waals surface area contributed by atoms with Gasteiger partial charge in [0.1, 0.15) is 0 Å². The maximum absolute atomic E-state index is 12.8. The number of carbonyl (C=O) groups excluding carboxylic acids is 1. The summed E-state index contributed by atoms with van der Waals surface area (Å²) >= 11 is 0. The Labute approximate surface area is 136 Å². The molecule has 122 valence electrons. The first kappa shape index (κ1) is 17.0. The van der Waals surface area contributed by atoms with Crippen LogP contribution in [0.3, 0.4) is 0 Å². The molecule has 2 rings (SSSR count). The molecule has 0 aliphatic rings.